The van der Waals surface area contributed by atoms with Gasteiger partial charge in [-0.05, 0) is 38.2 Å². The maximum Gasteiger partial charge on any atom is 0.0626 e. The Morgan fingerprint density at radius 2 is 2.12 bits per heavy atom. The second-order valence-corrected chi connectivity index (χ2v) is 5.36. The van der Waals surface area contributed by atoms with E-state index < -0.39 is 0 Å². The second-order valence-electron chi connectivity index (χ2n) is 4.50. The van der Waals surface area contributed by atoms with Crippen molar-refractivity contribution in [1.82, 2.24) is 10.2 Å². The lowest BCUT2D eigenvalue weighted by molar-refractivity contribution is 0.240. The van der Waals surface area contributed by atoms with Crippen molar-refractivity contribution in [3.05, 3.63) is 33.8 Å². The summed E-state index contributed by atoms with van der Waals surface area (Å²) in [4.78, 5) is 2.12. The highest BCUT2D eigenvalue weighted by molar-refractivity contribution is 9.10. The highest BCUT2D eigenvalue weighted by Crippen LogP contribution is 2.21. The first-order valence-corrected chi connectivity index (χ1v) is 6.59. The molecule has 2 N–H and O–H groups in total. The average molecular weight is 301 g/mol. The lowest BCUT2D eigenvalue weighted by Gasteiger charge is -2.19. The van der Waals surface area contributed by atoms with Crippen LogP contribution in [0.3, 0.4) is 0 Å². The van der Waals surface area contributed by atoms with Gasteiger partial charge in [-0.3, -0.25) is 0 Å². The predicted molar refractivity (Wildman–Crippen MR) is 75.3 cm³/mol. The molecule has 0 aliphatic carbocycles. The van der Waals surface area contributed by atoms with Crippen LogP contribution in [0.25, 0.3) is 0 Å². The van der Waals surface area contributed by atoms with E-state index in [0.29, 0.717) is 0 Å². The van der Waals surface area contributed by atoms with Crippen molar-refractivity contribution in [1.29, 1.82) is 0 Å². The van der Waals surface area contributed by atoms with Gasteiger partial charge in [-0.15, -0.1) is 0 Å². The largest absolute Gasteiger partial charge is 0.394 e. The molecule has 1 atom stereocenters. The molecule has 17 heavy (non-hydrogen) atoms. The molecule has 1 aromatic rings. The molecular weight excluding hydrogens is 280 g/mol. The molecule has 0 heterocycles. The summed E-state index contributed by atoms with van der Waals surface area (Å²) in [5.41, 5.74) is 2.32. The molecule has 0 bridgehead atoms. The van der Waals surface area contributed by atoms with Crippen molar-refractivity contribution < 1.29 is 5.11 Å². The van der Waals surface area contributed by atoms with E-state index in [1.165, 1.54) is 5.56 Å². The van der Waals surface area contributed by atoms with Crippen molar-refractivity contribution in [3.8, 4) is 0 Å². The Bertz CT molecular complexity index is 355. The minimum absolute atomic E-state index is 0.0155. The number of hydrogen-bond donors (Lipinski definition) is 2. The second kappa shape index (κ2) is 7.11. The monoisotopic (exact) mass is 300 g/mol. The predicted octanol–water partition coefficient (Wildman–Crippen LogP) is 1.94. The van der Waals surface area contributed by atoms with Gasteiger partial charge in [-0.2, -0.15) is 0 Å². The highest BCUT2D eigenvalue weighted by Gasteiger charge is 2.10. The van der Waals surface area contributed by atoms with E-state index >= 15 is 0 Å². The van der Waals surface area contributed by atoms with E-state index in [-0.39, 0.29) is 12.6 Å². The minimum Gasteiger partial charge on any atom is -0.394 e. The van der Waals surface area contributed by atoms with Gasteiger partial charge in [0.1, 0.15) is 0 Å². The molecule has 1 rings (SSSR count). The van der Waals surface area contributed by atoms with Gasteiger partial charge in [0.15, 0.2) is 0 Å². The molecule has 0 aromatic heterocycles. The first-order valence-electron chi connectivity index (χ1n) is 5.79. The Labute approximate surface area is 112 Å². The number of hydrogen-bond acceptors (Lipinski definition) is 3. The third-order valence-electron chi connectivity index (χ3n) is 2.72. The summed E-state index contributed by atoms with van der Waals surface area (Å²) in [6.45, 7) is 4.01. The number of aryl methyl sites for hydroxylation is 1. The van der Waals surface area contributed by atoms with Crippen molar-refractivity contribution in [2.24, 2.45) is 0 Å². The number of aliphatic hydroxyl groups excluding tert-OH is 1. The van der Waals surface area contributed by atoms with Gasteiger partial charge in [0.05, 0.1) is 12.6 Å². The SMILES string of the molecule is Cc1cc(C(CO)NCCN(C)C)ccc1Br. The molecule has 0 spiro atoms. The van der Waals surface area contributed by atoms with Crippen LogP contribution in [0.5, 0.6) is 0 Å². The van der Waals surface area contributed by atoms with Crippen molar-refractivity contribution in [2.75, 3.05) is 33.8 Å². The zero-order valence-corrected chi connectivity index (χ0v) is 12.3. The van der Waals surface area contributed by atoms with Gasteiger partial charge < -0.3 is 15.3 Å². The molecule has 0 fully saturated rings. The van der Waals surface area contributed by atoms with Crippen LogP contribution in [0, 0.1) is 6.92 Å². The summed E-state index contributed by atoms with van der Waals surface area (Å²) >= 11 is 3.48. The molecule has 1 unspecified atom stereocenters. The van der Waals surface area contributed by atoms with E-state index in [9.17, 15) is 5.11 Å². The molecule has 1 aromatic carbocycles. The van der Waals surface area contributed by atoms with Gasteiger partial charge in [0.25, 0.3) is 0 Å². The van der Waals surface area contributed by atoms with E-state index in [4.69, 9.17) is 0 Å². The first kappa shape index (κ1) is 14.6. The number of halogens is 1. The van der Waals surface area contributed by atoms with Gasteiger partial charge in [-0.1, -0.05) is 28.1 Å². The first-order chi connectivity index (χ1) is 8.04. The molecule has 0 saturated heterocycles. The summed E-state index contributed by atoms with van der Waals surface area (Å²) in [5.74, 6) is 0. The number of aliphatic hydroxyl groups is 1. The Morgan fingerprint density at radius 1 is 1.41 bits per heavy atom. The van der Waals surface area contributed by atoms with Crippen molar-refractivity contribution in [2.45, 2.75) is 13.0 Å². The van der Waals surface area contributed by atoms with Gasteiger partial charge in [0.2, 0.25) is 0 Å². The van der Waals surface area contributed by atoms with Crippen molar-refractivity contribution in [3.63, 3.8) is 0 Å². The van der Waals surface area contributed by atoms with E-state index in [2.05, 4.69) is 39.1 Å². The highest BCUT2D eigenvalue weighted by atomic mass is 79.9. The van der Waals surface area contributed by atoms with E-state index in [0.717, 1.165) is 23.1 Å². The van der Waals surface area contributed by atoms with Crippen LogP contribution >= 0.6 is 15.9 Å². The number of benzene rings is 1. The molecule has 0 saturated carbocycles. The standard InChI is InChI=1S/C13H21BrN2O/c1-10-8-11(4-5-12(10)14)13(9-17)15-6-7-16(2)3/h4-5,8,13,15,17H,6-7,9H2,1-3H3. The fourth-order valence-corrected chi connectivity index (χ4v) is 1.88. The summed E-state index contributed by atoms with van der Waals surface area (Å²) in [5, 5.41) is 12.8. The van der Waals surface area contributed by atoms with Gasteiger partial charge >= 0.3 is 0 Å². The van der Waals surface area contributed by atoms with Crippen LogP contribution < -0.4 is 5.32 Å². The van der Waals surface area contributed by atoms with E-state index in [1.807, 2.05) is 26.2 Å². The molecule has 4 heteroatoms. The average Bonchev–Trinajstić information content (AvgIpc) is 2.28. The molecule has 0 amide bonds. The minimum atomic E-state index is 0.0155. The molecule has 0 aliphatic heterocycles. The zero-order chi connectivity index (χ0) is 12.8. The molecule has 96 valence electrons. The number of nitrogens with zero attached hydrogens (tertiary/aromatic N) is 1. The summed E-state index contributed by atoms with van der Waals surface area (Å²) in [7, 11) is 4.08. The number of rotatable bonds is 6. The van der Waals surface area contributed by atoms with Gasteiger partial charge in [0, 0.05) is 17.6 Å². The fraction of sp³-hybridized carbons (Fsp3) is 0.538. The fourth-order valence-electron chi connectivity index (χ4n) is 1.63. The molecular formula is C13H21BrN2O. The van der Waals surface area contributed by atoms with Crippen LogP contribution in [0.1, 0.15) is 17.2 Å². The lowest BCUT2D eigenvalue weighted by atomic mass is 10.1. The summed E-state index contributed by atoms with van der Waals surface area (Å²) < 4.78 is 1.10. The Kier molecular flexibility index (Phi) is 6.12. The Balaban J connectivity index is 2.62. The Hall–Kier alpha value is -0.420. The van der Waals surface area contributed by atoms with Crippen molar-refractivity contribution >= 4 is 15.9 Å². The summed E-state index contributed by atoms with van der Waals surface area (Å²) in [6, 6.07) is 6.19. The lowest BCUT2D eigenvalue weighted by Crippen LogP contribution is -2.31. The quantitative estimate of drug-likeness (QED) is 0.843. The zero-order valence-electron chi connectivity index (χ0n) is 10.7. The molecule has 3 nitrogen and oxygen atoms in total. The summed E-state index contributed by atoms with van der Waals surface area (Å²) in [6.07, 6.45) is 0. The van der Waals surface area contributed by atoms with Crippen LogP contribution in [0.4, 0.5) is 0 Å². The number of nitrogens with one attached hydrogen (secondary N) is 1. The topological polar surface area (TPSA) is 35.5 Å². The van der Waals surface area contributed by atoms with Crippen LogP contribution in [-0.2, 0) is 0 Å². The molecule has 0 radical (unpaired) electrons. The normalized spacial score (nSPS) is 13.1. The molecule has 0 aliphatic rings. The smallest absolute Gasteiger partial charge is 0.0626 e. The van der Waals surface area contributed by atoms with Gasteiger partial charge in [-0.25, -0.2) is 0 Å². The maximum absolute atomic E-state index is 9.42. The van der Waals surface area contributed by atoms with E-state index in [1.54, 1.807) is 0 Å². The van der Waals surface area contributed by atoms with Crippen LogP contribution in [-0.4, -0.2) is 43.8 Å². The number of likely N-dealkylation sites (N-methyl/N-ethyl adjacent to an activating group) is 1. The third-order valence-corrected chi connectivity index (χ3v) is 3.61. The Morgan fingerprint density at radius 3 is 2.65 bits per heavy atom. The third kappa shape index (κ3) is 4.76. The maximum atomic E-state index is 9.42. The van der Waals surface area contributed by atoms with Crippen LogP contribution in [0.2, 0.25) is 0 Å². The van der Waals surface area contributed by atoms with Crippen LogP contribution in [0.15, 0.2) is 22.7 Å².